The molecule has 9 nitrogen and oxygen atoms in total. The molecular weight excluding hydrogens is 340 g/mol. The fourth-order valence-electron chi connectivity index (χ4n) is 3.35. The van der Waals surface area contributed by atoms with Gasteiger partial charge in [0, 0.05) is 6.04 Å². The molecule has 1 saturated carbocycles. The van der Waals surface area contributed by atoms with Gasteiger partial charge in [0.25, 0.3) is 5.91 Å². The molecular formula is C17H26N4O5. The lowest BCUT2D eigenvalue weighted by Crippen LogP contribution is -2.46. The summed E-state index contributed by atoms with van der Waals surface area (Å²) in [6.45, 7) is 6.37. The van der Waals surface area contributed by atoms with Gasteiger partial charge in [-0.25, -0.2) is 0 Å². The van der Waals surface area contributed by atoms with Crippen LogP contribution < -0.4 is 5.32 Å². The zero-order valence-corrected chi connectivity index (χ0v) is 15.7. The van der Waals surface area contributed by atoms with Crippen LogP contribution in [0.2, 0.25) is 0 Å². The molecule has 1 aliphatic rings. The topological polar surface area (TPSA) is 116 Å². The van der Waals surface area contributed by atoms with Crippen LogP contribution in [0.3, 0.4) is 0 Å². The second-order valence-corrected chi connectivity index (χ2v) is 6.94. The summed E-state index contributed by atoms with van der Waals surface area (Å²) >= 11 is 0. The molecule has 0 unspecified atom stereocenters. The summed E-state index contributed by atoms with van der Waals surface area (Å²) in [4.78, 5) is 34.8. The molecule has 1 N–H and O–H groups in total. The monoisotopic (exact) mass is 366 g/mol. The van der Waals surface area contributed by atoms with Crippen molar-refractivity contribution in [3.05, 3.63) is 21.5 Å². The Morgan fingerprint density at radius 1 is 1.38 bits per heavy atom. The third-order valence-corrected chi connectivity index (χ3v) is 4.92. The van der Waals surface area contributed by atoms with E-state index in [1.165, 1.54) is 31.9 Å². The summed E-state index contributed by atoms with van der Waals surface area (Å²) in [7, 11) is 0. The van der Waals surface area contributed by atoms with Crippen LogP contribution in [0.15, 0.2) is 0 Å². The smallest absolute Gasteiger partial charge is 0.328 e. The number of rotatable bonds is 6. The molecule has 1 aromatic heterocycles. The number of esters is 1. The van der Waals surface area contributed by atoms with Gasteiger partial charge in [0.15, 0.2) is 6.10 Å². The molecule has 1 heterocycles. The van der Waals surface area contributed by atoms with E-state index in [1.54, 1.807) is 0 Å². The highest BCUT2D eigenvalue weighted by Crippen LogP contribution is 2.24. The summed E-state index contributed by atoms with van der Waals surface area (Å²) in [5.41, 5.74) is 0.393. The minimum absolute atomic E-state index is 0.107. The predicted molar refractivity (Wildman–Crippen MR) is 93.5 cm³/mol. The first kappa shape index (κ1) is 19.9. The van der Waals surface area contributed by atoms with Gasteiger partial charge in [-0.2, -0.15) is 5.10 Å². The lowest BCUT2D eigenvalue weighted by molar-refractivity contribution is -0.386. The van der Waals surface area contributed by atoms with Crippen LogP contribution in [0.5, 0.6) is 0 Å². The van der Waals surface area contributed by atoms with Gasteiger partial charge in [0.05, 0.1) is 4.92 Å². The summed E-state index contributed by atoms with van der Waals surface area (Å²) in [5.74, 6) is -0.577. The highest BCUT2D eigenvalue weighted by atomic mass is 16.6. The Hall–Kier alpha value is -2.45. The molecule has 144 valence electrons. The van der Waals surface area contributed by atoms with Crippen molar-refractivity contribution in [3.8, 4) is 0 Å². The van der Waals surface area contributed by atoms with Gasteiger partial charge in [0.1, 0.15) is 17.9 Å². The van der Waals surface area contributed by atoms with Crippen molar-refractivity contribution in [1.29, 1.82) is 0 Å². The van der Waals surface area contributed by atoms with Crippen LogP contribution in [0.1, 0.15) is 50.9 Å². The fourth-order valence-corrected chi connectivity index (χ4v) is 3.35. The van der Waals surface area contributed by atoms with E-state index in [4.69, 9.17) is 4.74 Å². The van der Waals surface area contributed by atoms with E-state index in [1.807, 2.05) is 0 Å². The van der Waals surface area contributed by atoms with Crippen molar-refractivity contribution in [2.24, 2.45) is 5.92 Å². The third kappa shape index (κ3) is 4.59. The van der Waals surface area contributed by atoms with Crippen molar-refractivity contribution >= 4 is 17.6 Å². The number of carbonyl (C=O) groups is 2. The van der Waals surface area contributed by atoms with E-state index in [-0.39, 0.29) is 35.6 Å². The lowest BCUT2D eigenvalue weighted by atomic mass is 9.86. The SMILES string of the molecule is Cc1nn(CC(=O)O[C@H](C)C(=O)N[C@@H]2CCCC[C@@H]2C)c(C)c1[N+](=O)[O-]. The highest BCUT2D eigenvalue weighted by Gasteiger charge is 2.27. The Kier molecular flexibility index (Phi) is 6.33. The largest absolute Gasteiger partial charge is 0.451 e. The highest BCUT2D eigenvalue weighted by molar-refractivity contribution is 5.83. The summed E-state index contributed by atoms with van der Waals surface area (Å²) in [6, 6.07) is 0.107. The van der Waals surface area contributed by atoms with Crippen LogP contribution >= 0.6 is 0 Å². The Morgan fingerprint density at radius 2 is 2.04 bits per heavy atom. The number of nitrogens with one attached hydrogen (secondary N) is 1. The summed E-state index contributed by atoms with van der Waals surface area (Å²) < 4.78 is 6.40. The number of ether oxygens (including phenoxy) is 1. The maximum atomic E-state index is 12.3. The molecule has 0 aliphatic heterocycles. The van der Waals surface area contributed by atoms with Crippen molar-refractivity contribution in [2.45, 2.75) is 72.1 Å². The fraction of sp³-hybridized carbons (Fsp3) is 0.706. The van der Waals surface area contributed by atoms with Crippen molar-refractivity contribution in [3.63, 3.8) is 0 Å². The van der Waals surface area contributed by atoms with Crippen molar-refractivity contribution in [2.75, 3.05) is 0 Å². The van der Waals surface area contributed by atoms with Gasteiger partial charge in [0.2, 0.25) is 0 Å². The van der Waals surface area contributed by atoms with Crippen molar-refractivity contribution < 1.29 is 19.2 Å². The zero-order valence-electron chi connectivity index (χ0n) is 15.7. The predicted octanol–water partition coefficient (Wildman–Crippen LogP) is 2.03. The van der Waals surface area contributed by atoms with Crippen LogP contribution in [0, 0.1) is 29.9 Å². The molecule has 0 radical (unpaired) electrons. The average Bonchev–Trinajstić information content (AvgIpc) is 2.83. The van der Waals surface area contributed by atoms with Gasteiger partial charge in [-0.15, -0.1) is 0 Å². The molecule has 0 aromatic carbocycles. The molecule has 1 aliphatic carbocycles. The van der Waals surface area contributed by atoms with E-state index in [2.05, 4.69) is 17.3 Å². The number of carbonyl (C=O) groups excluding carboxylic acids is 2. The second-order valence-electron chi connectivity index (χ2n) is 6.94. The van der Waals surface area contributed by atoms with E-state index >= 15 is 0 Å². The molecule has 1 amide bonds. The van der Waals surface area contributed by atoms with Gasteiger partial charge >= 0.3 is 11.7 Å². The van der Waals surface area contributed by atoms with Crippen LogP contribution in [-0.2, 0) is 20.9 Å². The molecule has 3 atom stereocenters. The number of hydrogen-bond donors (Lipinski definition) is 1. The Labute approximate surface area is 152 Å². The first-order valence-corrected chi connectivity index (χ1v) is 8.89. The number of hydrogen-bond acceptors (Lipinski definition) is 6. The first-order chi connectivity index (χ1) is 12.2. The minimum atomic E-state index is -0.927. The van der Waals surface area contributed by atoms with Gasteiger partial charge in [-0.1, -0.05) is 19.8 Å². The maximum Gasteiger partial charge on any atom is 0.328 e. The van der Waals surface area contributed by atoms with E-state index in [0.717, 1.165) is 19.3 Å². The molecule has 2 rings (SSSR count). The van der Waals surface area contributed by atoms with E-state index in [9.17, 15) is 19.7 Å². The molecule has 1 fully saturated rings. The van der Waals surface area contributed by atoms with Crippen molar-refractivity contribution in [1.82, 2.24) is 15.1 Å². The Balaban J connectivity index is 1.91. The number of nitrogens with zero attached hydrogens (tertiary/aromatic N) is 3. The lowest BCUT2D eigenvalue weighted by Gasteiger charge is -2.30. The molecule has 0 bridgehead atoms. The standard InChI is InChI=1S/C17H26N4O5/c1-10-7-5-6-8-14(10)18-17(23)13(4)26-15(22)9-20-12(3)16(21(24)25)11(2)19-20/h10,13-14H,5-9H2,1-4H3,(H,18,23)/t10-,13+,14+/m0/s1. The molecule has 9 heteroatoms. The Morgan fingerprint density at radius 3 is 2.62 bits per heavy atom. The van der Waals surface area contributed by atoms with Crippen LogP contribution in [0.25, 0.3) is 0 Å². The molecule has 26 heavy (non-hydrogen) atoms. The number of aromatic nitrogens is 2. The number of nitro groups is 1. The Bertz CT molecular complexity index is 700. The average molecular weight is 366 g/mol. The zero-order chi connectivity index (χ0) is 19.4. The van der Waals surface area contributed by atoms with Gasteiger partial charge in [-0.3, -0.25) is 24.4 Å². The summed E-state index contributed by atoms with van der Waals surface area (Å²) in [6.07, 6.45) is 3.34. The van der Waals surface area contributed by atoms with Gasteiger partial charge in [-0.05, 0) is 39.5 Å². The molecule has 0 saturated heterocycles. The molecule has 1 aromatic rings. The van der Waals surface area contributed by atoms with Crippen LogP contribution in [0.4, 0.5) is 5.69 Å². The quantitative estimate of drug-likeness (QED) is 0.468. The van der Waals surface area contributed by atoms with E-state index in [0.29, 0.717) is 5.92 Å². The summed E-state index contributed by atoms with van der Waals surface area (Å²) in [5, 5.41) is 18.0. The maximum absolute atomic E-state index is 12.3. The van der Waals surface area contributed by atoms with Crippen LogP contribution in [-0.4, -0.2) is 38.7 Å². The second kappa shape index (κ2) is 8.29. The first-order valence-electron chi connectivity index (χ1n) is 8.89. The van der Waals surface area contributed by atoms with E-state index < -0.39 is 17.0 Å². The normalized spacial score (nSPS) is 21.1. The molecule has 0 spiro atoms. The number of aryl methyl sites for hydroxylation is 1. The minimum Gasteiger partial charge on any atom is -0.451 e. The van der Waals surface area contributed by atoms with Gasteiger partial charge < -0.3 is 10.1 Å². The third-order valence-electron chi connectivity index (χ3n) is 4.92. The number of amides is 1.